The number of hydrogen-bond acceptors (Lipinski definition) is 11. The van der Waals surface area contributed by atoms with Gasteiger partial charge >= 0.3 is 0 Å². The Hall–Kier alpha value is -5.15. The summed E-state index contributed by atoms with van der Waals surface area (Å²) < 4.78 is 27.7. The van der Waals surface area contributed by atoms with Gasteiger partial charge in [-0.3, -0.25) is 24.6 Å². The average molecular weight is 883 g/mol. The summed E-state index contributed by atoms with van der Waals surface area (Å²) in [7, 11) is 0. The molecule has 62 heavy (non-hydrogen) atoms. The molecule has 0 aliphatic carbocycles. The molecule has 2 fully saturated rings. The maximum Gasteiger partial charge on any atom is 0.256 e. The number of aromatic nitrogens is 2. The van der Waals surface area contributed by atoms with Gasteiger partial charge in [-0.15, -0.1) is 11.3 Å². The molecule has 2 N–H and O–H groups in total. The lowest BCUT2D eigenvalue weighted by Gasteiger charge is -2.35. The van der Waals surface area contributed by atoms with Crippen molar-refractivity contribution >= 4 is 57.4 Å². The molecule has 3 aromatic carbocycles. The van der Waals surface area contributed by atoms with E-state index < -0.39 is 11.9 Å². The Morgan fingerprint density at radius 3 is 2.56 bits per heavy atom. The minimum absolute atomic E-state index is 0.169. The highest BCUT2D eigenvalue weighted by molar-refractivity contribution is 7.10. The summed E-state index contributed by atoms with van der Waals surface area (Å²) in [4.78, 5) is 53.4. The SMILES string of the molecule is CCCN1CCN(c2ncnc3cc(-c4c(F)cccc4OCCCCCCCNCc4ccc(OCc5scc6c5CN(C5CCC(=O)NC5=O)C6=O)cc4)c(Cl)cc23)CC1. The molecule has 0 radical (unpaired) electrons. The van der Waals surface area contributed by atoms with Gasteiger partial charge < -0.3 is 24.6 Å². The first-order chi connectivity index (χ1) is 30.3. The van der Waals surface area contributed by atoms with Crippen molar-refractivity contribution in [3.8, 4) is 22.6 Å². The molecule has 326 valence electrons. The maximum atomic E-state index is 15.5. The fourth-order valence-corrected chi connectivity index (χ4v) is 9.77. The summed E-state index contributed by atoms with van der Waals surface area (Å²) in [5, 5.41) is 9.01. The Labute approximate surface area is 370 Å². The average Bonchev–Trinajstić information content (AvgIpc) is 3.83. The Bertz CT molecular complexity index is 2390. The van der Waals surface area contributed by atoms with Crippen LogP contribution in [0, 0.1) is 5.82 Å². The van der Waals surface area contributed by atoms with E-state index in [0.29, 0.717) is 53.6 Å². The molecule has 1 unspecified atom stereocenters. The van der Waals surface area contributed by atoms with Crippen molar-refractivity contribution in [3.05, 3.63) is 98.7 Å². The zero-order chi connectivity index (χ0) is 43.0. The predicted molar refractivity (Wildman–Crippen MR) is 240 cm³/mol. The molecule has 3 amide bonds. The van der Waals surface area contributed by atoms with E-state index in [2.05, 4.69) is 49.5 Å². The molecule has 2 aromatic heterocycles. The number of ether oxygens (including phenoxy) is 2. The van der Waals surface area contributed by atoms with Crippen LogP contribution in [0.2, 0.25) is 5.02 Å². The Morgan fingerprint density at radius 2 is 1.76 bits per heavy atom. The van der Waals surface area contributed by atoms with Gasteiger partial charge in [0.05, 0.1) is 23.3 Å². The summed E-state index contributed by atoms with van der Waals surface area (Å²) in [5.74, 6) is 0.814. The fourth-order valence-electron chi connectivity index (χ4n) is 8.57. The molecule has 8 rings (SSSR count). The van der Waals surface area contributed by atoms with Gasteiger partial charge in [-0.05, 0) is 80.7 Å². The quantitative estimate of drug-likeness (QED) is 0.0620. The molecule has 5 heterocycles. The third kappa shape index (κ3) is 10.0. The molecule has 3 aliphatic heterocycles. The van der Waals surface area contributed by atoms with Crippen molar-refractivity contribution in [3.63, 3.8) is 0 Å². The molecule has 1 atom stereocenters. The van der Waals surface area contributed by atoms with E-state index >= 15 is 4.39 Å². The number of halogens is 2. The minimum Gasteiger partial charge on any atom is -0.493 e. The van der Waals surface area contributed by atoms with Crippen molar-refractivity contribution < 1.29 is 28.2 Å². The van der Waals surface area contributed by atoms with Gasteiger partial charge in [-0.25, -0.2) is 14.4 Å². The number of benzene rings is 3. The van der Waals surface area contributed by atoms with Crippen LogP contribution in [0.25, 0.3) is 22.0 Å². The van der Waals surface area contributed by atoms with Crippen LogP contribution < -0.4 is 25.0 Å². The first kappa shape index (κ1) is 43.5. The number of piperidine rings is 1. The van der Waals surface area contributed by atoms with Crippen molar-refractivity contribution in [1.29, 1.82) is 0 Å². The zero-order valence-electron chi connectivity index (χ0n) is 35.1. The standard InChI is InChI=1S/C47H53ClFN7O5S/c1-2-18-54-19-21-55(22-20-54)45-34-24-37(48)33(25-39(34)51-30-52-45)44-38(49)9-8-10-41(44)60-23-7-5-3-4-6-17-50-26-31-11-13-32(14-12-31)61-28-42-35-27-56(47(59)36(35)29-62-42)40-15-16-43(57)53-46(40)58/h8-14,24-25,29-30,40,50H,2-7,15-23,26-28H2,1H3,(H,53,57,58). The van der Waals surface area contributed by atoms with Crippen molar-refractivity contribution in [2.45, 2.75) is 84.0 Å². The maximum absolute atomic E-state index is 15.5. The molecular weight excluding hydrogens is 829 g/mol. The van der Waals surface area contributed by atoms with Crippen LogP contribution in [0.4, 0.5) is 10.2 Å². The number of rotatable bonds is 19. The van der Waals surface area contributed by atoms with Gasteiger partial charge in [0.1, 0.15) is 42.1 Å². The van der Waals surface area contributed by atoms with E-state index in [1.54, 1.807) is 23.4 Å². The predicted octanol–water partition coefficient (Wildman–Crippen LogP) is 8.14. The molecule has 0 bridgehead atoms. The summed E-state index contributed by atoms with van der Waals surface area (Å²) in [6.45, 7) is 9.87. The number of fused-ring (bicyclic) bond motifs is 2. The van der Waals surface area contributed by atoms with Crippen LogP contribution in [0.3, 0.4) is 0 Å². The number of carbonyl (C=O) groups is 3. The largest absolute Gasteiger partial charge is 0.493 e. The number of nitrogens with zero attached hydrogens (tertiary/aromatic N) is 5. The van der Waals surface area contributed by atoms with Crippen LogP contribution >= 0.6 is 22.9 Å². The normalized spacial score (nSPS) is 16.9. The van der Waals surface area contributed by atoms with Gasteiger partial charge in [0.15, 0.2) is 0 Å². The summed E-state index contributed by atoms with van der Waals surface area (Å²) >= 11 is 8.38. The number of thiophene rings is 1. The molecule has 0 spiro atoms. The Balaban J connectivity index is 0.733. The zero-order valence-corrected chi connectivity index (χ0v) is 36.7. The van der Waals surface area contributed by atoms with Gasteiger partial charge in [0.2, 0.25) is 11.8 Å². The van der Waals surface area contributed by atoms with Crippen molar-refractivity contribution in [2.75, 3.05) is 50.8 Å². The number of imide groups is 1. The lowest BCUT2D eigenvalue weighted by molar-refractivity contribution is -0.136. The van der Waals surface area contributed by atoms with Crippen LogP contribution in [0.5, 0.6) is 11.5 Å². The Kier molecular flexibility index (Phi) is 14.3. The van der Waals surface area contributed by atoms with Gasteiger partial charge in [0, 0.05) is 77.5 Å². The lowest BCUT2D eigenvalue weighted by Crippen LogP contribution is -2.52. The second-order valence-electron chi connectivity index (χ2n) is 16.2. The third-order valence-electron chi connectivity index (χ3n) is 11.9. The second-order valence-corrected chi connectivity index (χ2v) is 17.5. The molecule has 2 saturated heterocycles. The van der Waals surface area contributed by atoms with E-state index in [1.807, 2.05) is 29.6 Å². The lowest BCUT2D eigenvalue weighted by atomic mass is 10.0. The van der Waals surface area contributed by atoms with Crippen LogP contribution in [0.1, 0.15) is 84.7 Å². The number of piperazine rings is 1. The molecule has 3 aliphatic rings. The minimum atomic E-state index is -0.625. The molecule has 12 nitrogen and oxygen atoms in total. The fraction of sp³-hybridized carbons (Fsp3) is 0.426. The van der Waals surface area contributed by atoms with Crippen LogP contribution in [-0.4, -0.2) is 89.4 Å². The van der Waals surface area contributed by atoms with Gasteiger partial charge in [0.25, 0.3) is 5.91 Å². The topological polar surface area (TPSA) is 129 Å². The molecule has 15 heteroatoms. The van der Waals surface area contributed by atoms with E-state index in [4.69, 9.17) is 21.1 Å². The number of hydrogen-bond donors (Lipinski definition) is 2. The first-order valence-corrected chi connectivity index (χ1v) is 23.0. The molecule has 0 saturated carbocycles. The van der Waals surface area contributed by atoms with Gasteiger partial charge in [-0.1, -0.05) is 56.0 Å². The van der Waals surface area contributed by atoms with Crippen molar-refractivity contribution in [1.82, 2.24) is 30.4 Å². The third-order valence-corrected chi connectivity index (χ3v) is 13.2. The van der Waals surface area contributed by atoms with Gasteiger partial charge in [-0.2, -0.15) is 0 Å². The molecule has 5 aromatic rings. The van der Waals surface area contributed by atoms with E-state index in [1.165, 1.54) is 17.4 Å². The van der Waals surface area contributed by atoms with E-state index in [9.17, 15) is 14.4 Å². The Morgan fingerprint density at radius 1 is 0.952 bits per heavy atom. The second kappa shape index (κ2) is 20.4. The van der Waals surface area contributed by atoms with Crippen LogP contribution in [-0.2, 0) is 29.3 Å². The number of anilines is 1. The summed E-state index contributed by atoms with van der Waals surface area (Å²) in [5.41, 5.74) is 4.30. The highest BCUT2D eigenvalue weighted by atomic mass is 35.5. The van der Waals surface area contributed by atoms with E-state index in [-0.39, 0.29) is 24.1 Å². The number of amides is 3. The first-order valence-electron chi connectivity index (χ1n) is 21.8. The van der Waals surface area contributed by atoms with E-state index in [0.717, 1.165) is 123 Å². The summed E-state index contributed by atoms with van der Waals surface area (Å²) in [6, 6.07) is 16.0. The number of nitrogens with one attached hydrogen (secondary N) is 2. The highest BCUT2D eigenvalue weighted by Gasteiger charge is 2.40. The molecular formula is C47H53ClFN7O5S. The monoisotopic (exact) mass is 881 g/mol. The number of carbonyl (C=O) groups excluding carboxylic acids is 3. The van der Waals surface area contributed by atoms with Crippen LogP contribution in [0.15, 0.2) is 66.3 Å². The summed E-state index contributed by atoms with van der Waals surface area (Å²) in [6.07, 6.45) is 8.40. The van der Waals surface area contributed by atoms with Crippen molar-refractivity contribution in [2.24, 2.45) is 0 Å². The number of unbranched alkanes of at least 4 members (excludes halogenated alkanes) is 4. The highest BCUT2D eigenvalue weighted by Crippen LogP contribution is 2.41. The smallest absolute Gasteiger partial charge is 0.256 e.